The zero-order chi connectivity index (χ0) is 20.5. The molecule has 0 radical (unpaired) electrons. The molecule has 1 fully saturated rings. The molecule has 2 aromatic carbocycles. The molecule has 1 aliphatic heterocycles. The monoisotopic (exact) mass is 411 g/mol. The second-order valence-corrected chi connectivity index (χ2v) is 8.48. The van der Waals surface area contributed by atoms with Gasteiger partial charge in [-0.15, -0.1) is 5.11 Å². The van der Waals surface area contributed by atoms with Crippen LogP contribution in [0.2, 0.25) is 0 Å². The third-order valence-corrected chi connectivity index (χ3v) is 6.51. The number of aromatic nitrogens is 1. The number of hydrogen-bond donors (Lipinski definition) is 1. The Bertz CT molecular complexity index is 1050. The van der Waals surface area contributed by atoms with Gasteiger partial charge in [-0.3, -0.25) is 0 Å². The zero-order valence-electron chi connectivity index (χ0n) is 17.0. The minimum absolute atomic E-state index is 0.128. The molecular weight excluding hydrogens is 386 g/mol. The van der Waals surface area contributed by atoms with Crippen molar-refractivity contribution in [3.05, 3.63) is 42.0 Å². The summed E-state index contributed by atoms with van der Waals surface area (Å²) in [5.41, 5.74) is 3.32. The number of hydrogen-bond acceptors (Lipinski definition) is 6. The van der Waals surface area contributed by atoms with E-state index in [-0.39, 0.29) is 11.9 Å². The van der Waals surface area contributed by atoms with Crippen molar-refractivity contribution in [2.24, 2.45) is 10.2 Å². The lowest BCUT2D eigenvalue weighted by Crippen LogP contribution is -2.22. The van der Waals surface area contributed by atoms with Crippen molar-refractivity contribution >= 4 is 34.0 Å². The van der Waals surface area contributed by atoms with E-state index in [1.54, 1.807) is 14.2 Å². The second kappa shape index (κ2) is 7.99. The Balaban J connectivity index is 1.81. The molecule has 2 heterocycles. The summed E-state index contributed by atoms with van der Waals surface area (Å²) in [6, 6.07) is 12.0. The third kappa shape index (κ3) is 3.55. The quantitative estimate of drug-likeness (QED) is 0.491. The van der Waals surface area contributed by atoms with E-state index in [1.165, 1.54) is 5.56 Å². The van der Waals surface area contributed by atoms with Crippen LogP contribution in [0.15, 0.2) is 46.6 Å². The smallest absolute Gasteiger partial charge is 0.221 e. The van der Waals surface area contributed by atoms with Crippen molar-refractivity contribution in [1.82, 2.24) is 4.57 Å². The highest BCUT2D eigenvalue weighted by Crippen LogP contribution is 2.47. The van der Waals surface area contributed by atoms with Crippen LogP contribution >= 0.6 is 11.8 Å². The van der Waals surface area contributed by atoms with E-state index >= 15 is 0 Å². The predicted molar refractivity (Wildman–Crippen MR) is 118 cm³/mol. The highest BCUT2D eigenvalue weighted by atomic mass is 32.2. The van der Waals surface area contributed by atoms with E-state index in [4.69, 9.17) is 9.47 Å². The number of thioether (sulfide) groups is 1. The van der Waals surface area contributed by atoms with Crippen molar-refractivity contribution in [3.63, 3.8) is 0 Å². The molecule has 1 aliphatic rings. The lowest BCUT2D eigenvalue weighted by molar-refractivity contribution is 0.355. The summed E-state index contributed by atoms with van der Waals surface area (Å²) < 4.78 is 12.9. The molecule has 29 heavy (non-hydrogen) atoms. The van der Waals surface area contributed by atoms with Gasteiger partial charge in [0.05, 0.1) is 31.5 Å². The fourth-order valence-electron chi connectivity index (χ4n) is 3.48. The van der Waals surface area contributed by atoms with Gasteiger partial charge in [0, 0.05) is 23.0 Å². The van der Waals surface area contributed by atoms with Gasteiger partial charge < -0.3 is 19.1 Å². The highest BCUT2D eigenvalue weighted by molar-refractivity contribution is 8.00. The number of aromatic hydroxyl groups is 1. The van der Waals surface area contributed by atoms with E-state index in [1.807, 2.05) is 40.6 Å². The lowest BCUT2D eigenvalue weighted by atomic mass is 10.0. The van der Waals surface area contributed by atoms with Crippen molar-refractivity contribution < 1.29 is 14.6 Å². The first kappa shape index (κ1) is 19.6. The molecule has 7 heteroatoms. The van der Waals surface area contributed by atoms with Gasteiger partial charge in [-0.1, -0.05) is 26.0 Å². The number of ether oxygens (including phenoxy) is 2. The van der Waals surface area contributed by atoms with E-state index in [2.05, 4.69) is 36.2 Å². The SMILES string of the molecule is COc1cc2c(N=Nc3ccc(C(C)C)cc3)c(O)n(C3CSC3)c2cc1OC. The number of fused-ring (bicyclic) bond motifs is 1. The summed E-state index contributed by atoms with van der Waals surface area (Å²) in [5.74, 6) is 3.73. The van der Waals surface area contributed by atoms with E-state index in [0.717, 1.165) is 28.1 Å². The first-order valence-corrected chi connectivity index (χ1v) is 10.8. The molecular formula is C22H25N3O3S. The first-order chi connectivity index (χ1) is 14.0. The molecule has 4 rings (SSSR count). The Hall–Kier alpha value is -2.67. The van der Waals surface area contributed by atoms with Gasteiger partial charge in [0.25, 0.3) is 0 Å². The van der Waals surface area contributed by atoms with Crippen LogP contribution in [0.4, 0.5) is 11.4 Å². The Morgan fingerprint density at radius 2 is 1.69 bits per heavy atom. The topological polar surface area (TPSA) is 68.3 Å². The van der Waals surface area contributed by atoms with Gasteiger partial charge >= 0.3 is 0 Å². The van der Waals surface area contributed by atoms with Crippen LogP contribution in [0, 0.1) is 0 Å². The van der Waals surface area contributed by atoms with Gasteiger partial charge in [0.2, 0.25) is 5.88 Å². The average Bonchev–Trinajstić information content (AvgIpc) is 2.95. The molecule has 3 aromatic rings. The summed E-state index contributed by atoms with van der Waals surface area (Å²) in [6.07, 6.45) is 0. The van der Waals surface area contributed by atoms with E-state index in [0.29, 0.717) is 23.1 Å². The zero-order valence-corrected chi connectivity index (χ0v) is 17.9. The van der Waals surface area contributed by atoms with Gasteiger partial charge in [-0.2, -0.15) is 16.9 Å². The fourth-order valence-corrected chi connectivity index (χ4v) is 4.22. The molecule has 0 amide bonds. The molecule has 1 aromatic heterocycles. The molecule has 0 spiro atoms. The normalized spacial score (nSPS) is 14.7. The Labute approximate surface area is 174 Å². The molecule has 0 bridgehead atoms. The number of nitrogens with zero attached hydrogens (tertiary/aromatic N) is 3. The van der Waals surface area contributed by atoms with Crippen LogP contribution in [-0.4, -0.2) is 35.4 Å². The number of methoxy groups -OCH3 is 2. The molecule has 1 saturated heterocycles. The minimum atomic E-state index is 0.128. The van der Waals surface area contributed by atoms with Crippen LogP contribution in [0.3, 0.4) is 0 Å². The summed E-state index contributed by atoms with van der Waals surface area (Å²) in [4.78, 5) is 0. The average molecular weight is 412 g/mol. The second-order valence-electron chi connectivity index (χ2n) is 7.40. The van der Waals surface area contributed by atoms with Crippen molar-refractivity contribution in [2.45, 2.75) is 25.8 Å². The summed E-state index contributed by atoms with van der Waals surface area (Å²) in [6.45, 7) is 4.31. The summed E-state index contributed by atoms with van der Waals surface area (Å²) in [7, 11) is 3.21. The lowest BCUT2D eigenvalue weighted by Gasteiger charge is -2.28. The third-order valence-electron chi connectivity index (χ3n) is 5.27. The number of azo groups is 1. The van der Waals surface area contributed by atoms with Crippen molar-refractivity contribution in [1.29, 1.82) is 0 Å². The maximum Gasteiger partial charge on any atom is 0.221 e. The summed E-state index contributed by atoms with van der Waals surface area (Å²) >= 11 is 1.86. The Morgan fingerprint density at radius 3 is 2.24 bits per heavy atom. The molecule has 0 atom stereocenters. The maximum atomic E-state index is 11.0. The van der Waals surface area contributed by atoms with E-state index in [9.17, 15) is 5.11 Å². The van der Waals surface area contributed by atoms with Gasteiger partial charge in [0.1, 0.15) is 0 Å². The van der Waals surface area contributed by atoms with Crippen molar-refractivity contribution in [2.75, 3.05) is 25.7 Å². The molecule has 0 saturated carbocycles. The van der Waals surface area contributed by atoms with Crippen molar-refractivity contribution in [3.8, 4) is 17.4 Å². The Morgan fingerprint density at radius 1 is 1.03 bits per heavy atom. The predicted octanol–water partition coefficient (Wildman–Crippen LogP) is 6.19. The standard InChI is InChI=1S/C22H25N3O3S/c1-13(2)14-5-7-15(8-6-14)23-24-21-17-9-19(27-3)20(28-4)10-18(17)25(22(21)26)16-11-29-12-16/h5-10,13,16,26H,11-12H2,1-4H3. The number of benzene rings is 2. The molecule has 152 valence electrons. The minimum Gasteiger partial charge on any atom is -0.493 e. The summed E-state index contributed by atoms with van der Waals surface area (Å²) in [5, 5.41) is 20.6. The molecule has 0 unspecified atom stereocenters. The van der Waals surface area contributed by atoms with Crippen LogP contribution in [0.1, 0.15) is 31.4 Å². The first-order valence-electron chi connectivity index (χ1n) is 9.61. The maximum absolute atomic E-state index is 11.0. The van der Waals surface area contributed by atoms with Gasteiger partial charge in [-0.05, 0) is 29.7 Å². The molecule has 6 nitrogen and oxygen atoms in total. The van der Waals surface area contributed by atoms with Gasteiger partial charge in [-0.25, -0.2) is 0 Å². The van der Waals surface area contributed by atoms with Crippen LogP contribution in [0.25, 0.3) is 10.9 Å². The number of rotatable bonds is 6. The molecule has 0 aliphatic carbocycles. The largest absolute Gasteiger partial charge is 0.493 e. The molecule has 1 N–H and O–H groups in total. The van der Waals surface area contributed by atoms with Gasteiger partial charge in [0.15, 0.2) is 17.2 Å². The fraction of sp³-hybridized carbons (Fsp3) is 0.364. The van der Waals surface area contributed by atoms with Crippen LogP contribution in [-0.2, 0) is 0 Å². The van der Waals surface area contributed by atoms with Crippen LogP contribution < -0.4 is 9.47 Å². The van der Waals surface area contributed by atoms with Crippen LogP contribution in [0.5, 0.6) is 17.4 Å². The Kier molecular flexibility index (Phi) is 5.41. The van der Waals surface area contributed by atoms with E-state index < -0.39 is 0 Å². The highest BCUT2D eigenvalue weighted by Gasteiger charge is 2.28.